The molecular weight excluding hydrogens is 382 g/mol. The number of aryl methyl sites for hydroxylation is 1. The number of hydrogen-bond acceptors (Lipinski definition) is 5. The first-order valence-corrected chi connectivity index (χ1v) is 9.88. The summed E-state index contributed by atoms with van der Waals surface area (Å²) in [4.78, 5) is 17.9. The zero-order chi connectivity index (χ0) is 17.9. The fourth-order valence-corrected chi connectivity index (χ4v) is 4.18. The lowest BCUT2D eigenvalue weighted by Gasteiger charge is -2.10. The summed E-state index contributed by atoms with van der Waals surface area (Å²) in [5.41, 5.74) is 2.92. The highest BCUT2D eigenvalue weighted by Crippen LogP contribution is 2.16. The predicted molar refractivity (Wildman–Crippen MR) is 110 cm³/mol. The Morgan fingerprint density at radius 2 is 2.33 bits per heavy atom. The maximum atomic E-state index is 12.4. The van der Waals surface area contributed by atoms with Gasteiger partial charge in [-0.25, -0.2) is 9.50 Å². The van der Waals surface area contributed by atoms with Gasteiger partial charge < -0.3 is 10.6 Å². The highest BCUT2D eigenvalue weighted by Gasteiger charge is 2.15. The second-order valence-corrected chi connectivity index (χ2v) is 8.01. The number of imidazole rings is 1. The largest absolute Gasteiger partial charge is 0.352 e. The first-order valence-electron chi connectivity index (χ1n) is 9.07. The van der Waals surface area contributed by atoms with Crippen LogP contribution in [0.3, 0.4) is 0 Å². The van der Waals surface area contributed by atoms with Gasteiger partial charge in [-0.15, -0.1) is 12.4 Å². The summed E-state index contributed by atoms with van der Waals surface area (Å²) in [5, 5.41) is 11.7. The summed E-state index contributed by atoms with van der Waals surface area (Å²) in [6.45, 7) is 4.72. The van der Waals surface area contributed by atoms with Crippen LogP contribution in [0.2, 0.25) is 0 Å². The summed E-state index contributed by atoms with van der Waals surface area (Å²) in [6, 6.07) is 7.99. The smallest absolute Gasteiger partial charge is 0.251 e. The Balaban J connectivity index is 0.00000210. The van der Waals surface area contributed by atoms with Crippen LogP contribution in [0.4, 0.5) is 0 Å². The molecule has 1 aromatic carbocycles. The van der Waals surface area contributed by atoms with E-state index < -0.39 is 0 Å². The van der Waals surface area contributed by atoms with Crippen LogP contribution in [0.15, 0.2) is 30.5 Å². The summed E-state index contributed by atoms with van der Waals surface area (Å²) in [7, 11) is 0. The Morgan fingerprint density at radius 1 is 1.44 bits per heavy atom. The average Bonchev–Trinajstić information content (AvgIpc) is 3.32. The van der Waals surface area contributed by atoms with E-state index in [9.17, 15) is 4.79 Å². The molecule has 1 aliphatic heterocycles. The third-order valence-electron chi connectivity index (χ3n) is 4.74. The van der Waals surface area contributed by atoms with Gasteiger partial charge in [-0.1, -0.05) is 23.5 Å². The third kappa shape index (κ3) is 4.86. The van der Waals surface area contributed by atoms with Gasteiger partial charge in [0.25, 0.3) is 5.91 Å². The summed E-state index contributed by atoms with van der Waals surface area (Å²) in [5.74, 6) is 0.659. The Morgan fingerprint density at radius 3 is 3.11 bits per heavy atom. The number of nitrogens with one attached hydrogen (secondary N) is 2. The Kier molecular flexibility index (Phi) is 6.46. The monoisotopic (exact) mass is 405 g/mol. The average molecular weight is 406 g/mol. The fraction of sp³-hybridized carbons (Fsp3) is 0.421. The van der Waals surface area contributed by atoms with E-state index in [4.69, 9.17) is 0 Å². The number of rotatable bonds is 6. The van der Waals surface area contributed by atoms with Crippen LogP contribution in [0, 0.1) is 12.8 Å². The van der Waals surface area contributed by atoms with Gasteiger partial charge in [0.05, 0.1) is 11.9 Å². The van der Waals surface area contributed by atoms with Crippen molar-refractivity contribution in [3.05, 3.63) is 52.3 Å². The Labute approximate surface area is 168 Å². The van der Waals surface area contributed by atoms with Crippen LogP contribution in [-0.4, -0.2) is 40.1 Å². The number of halogens is 1. The van der Waals surface area contributed by atoms with Crippen molar-refractivity contribution in [1.82, 2.24) is 25.2 Å². The van der Waals surface area contributed by atoms with Gasteiger partial charge in [-0.3, -0.25) is 4.79 Å². The number of amides is 1. The minimum absolute atomic E-state index is 0. The Bertz CT molecular complexity index is 884. The van der Waals surface area contributed by atoms with Crippen LogP contribution < -0.4 is 10.6 Å². The van der Waals surface area contributed by atoms with Crippen molar-refractivity contribution in [1.29, 1.82) is 0 Å². The highest BCUT2D eigenvalue weighted by molar-refractivity contribution is 7.16. The predicted octanol–water partition coefficient (Wildman–Crippen LogP) is 2.65. The van der Waals surface area contributed by atoms with Crippen LogP contribution in [0.5, 0.6) is 0 Å². The van der Waals surface area contributed by atoms with Crippen LogP contribution in [0.1, 0.15) is 33.0 Å². The second kappa shape index (κ2) is 8.82. The van der Waals surface area contributed by atoms with E-state index in [2.05, 4.69) is 26.8 Å². The minimum Gasteiger partial charge on any atom is -0.352 e. The molecule has 8 heteroatoms. The molecule has 27 heavy (non-hydrogen) atoms. The highest BCUT2D eigenvalue weighted by atomic mass is 35.5. The molecule has 6 nitrogen and oxygen atoms in total. The van der Waals surface area contributed by atoms with Crippen LogP contribution in [0.25, 0.3) is 4.96 Å². The van der Waals surface area contributed by atoms with Crippen molar-refractivity contribution in [3.8, 4) is 0 Å². The SMILES string of the molecule is Cc1nn2cc(CCNC(=O)c3cccc(CC4CCNC4)c3)nc2s1.Cl. The van der Waals surface area contributed by atoms with E-state index in [0.29, 0.717) is 18.9 Å². The summed E-state index contributed by atoms with van der Waals surface area (Å²) >= 11 is 1.57. The van der Waals surface area contributed by atoms with E-state index >= 15 is 0 Å². The maximum Gasteiger partial charge on any atom is 0.251 e. The topological polar surface area (TPSA) is 71.3 Å². The first kappa shape index (κ1) is 19.8. The molecule has 4 rings (SSSR count). The molecule has 2 N–H and O–H groups in total. The van der Waals surface area contributed by atoms with E-state index in [-0.39, 0.29) is 18.3 Å². The van der Waals surface area contributed by atoms with Crippen molar-refractivity contribution < 1.29 is 4.79 Å². The number of benzene rings is 1. The third-order valence-corrected chi connectivity index (χ3v) is 5.57. The standard InChI is InChI=1S/C19H23N5OS.ClH/c1-13-23-24-12-17(22-19(24)26-13)6-8-21-18(25)16-4-2-3-14(10-16)9-15-5-7-20-11-15;/h2-4,10,12,15,20H,5-9,11H2,1H3,(H,21,25);1H. The van der Waals surface area contributed by atoms with Crippen LogP contribution >= 0.6 is 23.7 Å². The molecule has 144 valence electrons. The van der Waals surface area contributed by atoms with E-state index in [1.54, 1.807) is 15.9 Å². The molecule has 0 bridgehead atoms. The van der Waals surface area contributed by atoms with Crippen molar-refractivity contribution in [2.45, 2.75) is 26.2 Å². The molecule has 0 radical (unpaired) electrons. The molecule has 3 aromatic rings. The maximum absolute atomic E-state index is 12.4. The van der Waals surface area contributed by atoms with Crippen molar-refractivity contribution >= 4 is 34.6 Å². The number of hydrogen-bond donors (Lipinski definition) is 2. The summed E-state index contributed by atoms with van der Waals surface area (Å²) in [6.07, 6.45) is 4.88. The van der Waals surface area contributed by atoms with E-state index in [1.807, 2.05) is 31.3 Å². The van der Waals surface area contributed by atoms with Gasteiger partial charge in [0, 0.05) is 18.5 Å². The molecule has 1 atom stereocenters. The van der Waals surface area contributed by atoms with E-state index in [1.165, 1.54) is 12.0 Å². The fourth-order valence-electron chi connectivity index (χ4n) is 3.43. The van der Waals surface area contributed by atoms with Gasteiger partial charge in [0.15, 0.2) is 0 Å². The van der Waals surface area contributed by atoms with Crippen molar-refractivity contribution in [2.75, 3.05) is 19.6 Å². The van der Waals surface area contributed by atoms with Crippen molar-refractivity contribution in [3.63, 3.8) is 0 Å². The second-order valence-electron chi connectivity index (χ2n) is 6.85. The lowest BCUT2D eigenvalue weighted by atomic mass is 9.97. The van der Waals surface area contributed by atoms with Crippen molar-refractivity contribution in [2.24, 2.45) is 5.92 Å². The van der Waals surface area contributed by atoms with Gasteiger partial charge in [0.2, 0.25) is 4.96 Å². The minimum atomic E-state index is -0.0219. The summed E-state index contributed by atoms with van der Waals surface area (Å²) < 4.78 is 1.80. The molecule has 0 saturated carbocycles. The molecule has 1 amide bonds. The molecule has 3 heterocycles. The number of carbonyl (C=O) groups is 1. The molecule has 1 saturated heterocycles. The van der Waals surface area contributed by atoms with E-state index in [0.717, 1.165) is 40.7 Å². The van der Waals surface area contributed by atoms with Gasteiger partial charge in [-0.2, -0.15) is 5.10 Å². The molecule has 2 aromatic heterocycles. The Hall–Kier alpha value is -1.96. The van der Waals surface area contributed by atoms with Gasteiger partial charge >= 0.3 is 0 Å². The molecule has 1 unspecified atom stereocenters. The van der Waals surface area contributed by atoms with Gasteiger partial charge in [0.1, 0.15) is 5.01 Å². The van der Waals surface area contributed by atoms with Gasteiger partial charge in [-0.05, 0) is 56.5 Å². The number of nitrogens with zero attached hydrogens (tertiary/aromatic N) is 3. The lowest BCUT2D eigenvalue weighted by molar-refractivity contribution is 0.0954. The normalized spacial score (nSPS) is 16.4. The number of carbonyl (C=O) groups excluding carboxylic acids is 1. The molecule has 1 aliphatic rings. The quantitative estimate of drug-likeness (QED) is 0.661. The lowest BCUT2D eigenvalue weighted by Crippen LogP contribution is -2.25. The first-order chi connectivity index (χ1) is 12.7. The van der Waals surface area contributed by atoms with Crippen LogP contribution in [-0.2, 0) is 12.8 Å². The molecule has 1 fully saturated rings. The zero-order valence-electron chi connectivity index (χ0n) is 15.3. The molecule has 0 aliphatic carbocycles. The zero-order valence-corrected chi connectivity index (χ0v) is 16.9. The number of aromatic nitrogens is 3. The molecular formula is C19H24ClN5OS. The number of fused-ring (bicyclic) bond motifs is 1. The molecule has 0 spiro atoms.